The van der Waals surface area contributed by atoms with E-state index in [1.165, 1.54) is 21.1 Å². The van der Waals surface area contributed by atoms with Gasteiger partial charge in [0.1, 0.15) is 0 Å². The first-order valence-electron chi connectivity index (χ1n) is 7.62. The highest BCUT2D eigenvalue weighted by Crippen LogP contribution is 2.34. The summed E-state index contributed by atoms with van der Waals surface area (Å²) in [7, 11) is 6.32. The fourth-order valence-corrected chi connectivity index (χ4v) is 3.21. The minimum Gasteiger partial charge on any atom is -0.310 e. The molecule has 1 aromatic heterocycles. The van der Waals surface area contributed by atoms with Crippen molar-refractivity contribution in [2.45, 2.75) is 13.0 Å². The third kappa shape index (κ3) is 2.08. The molecule has 0 bridgehead atoms. The number of imide groups is 1. The normalized spacial score (nSPS) is 18.0. The zero-order chi connectivity index (χ0) is 17.8. The molecule has 3 rings (SSSR count). The van der Waals surface area contributed by atoms with E-state index in [1.54, 1.807) is 21.1 Å². The maximum Gasteiger partial charge on any atom is 0.328 e. The number of carbonyl (C=O) groups excluding carboxylic acids is 2. The summed E-state index contributed by atoms with van der Waals surface area (Å²) in [5.74, 6) is -0.336. The monoisotopic (exact) mass is 328 g/mol. The van der Waals surface area contributed by atoms with Crippen LogP contribution in [-0.4, -0.2) is 45.0 Å². The maximum absolute atomic E-state index is 12.6. The van der Waals surface area contributed by atoms with Gasteiger partial charge in [-0.15, -0.1) is 0 Å². The van der Waals surface area contributed by atoms with Crippen molar-refractivity contribution in [3.05, 3.63) is 46.0 Å². The van der Waals surface area contributed by atoms with Crippen LogP contribution in [0.15, 0.2) is 29.1 Å². The van der Waals surface area contributed by atoms with Crippen LogP contribution >= 0.6 is 0 Å². The first-order valence-corrected chi connectivity index (χ1v) is 7.62. The predicted octanol–water partition coefficient (Wildman–Crippen LogP) is 1.26. The zero-order valence-electron chi connectivity index (χ0n) is 14.4. The van der Waals surface area contributed by atoms with Crippen molar-refractivity contribution in [3.8, 4) is 11.3 Å². The molecule has 0 spiro atoms. The SMILES string of the molecule is Cc1ccc(-c2c(C3C(=O)N(C)C(=O)N3C)n(C)c(=O)n2C)cc1. The van der Waals surface area contributed by atoms with E-state index in [0.717, 1.165) is 16.0 Å². The number of hydrogen-bond acceptors (Lipinski definition) is 3. The number of benzene rings is 1. The van der Waals surface area contributed by atoms with Gasteiger partial charge in [0.2, 0.25) is 0 Å². The van der Waals surface area contributed by atoms with Gasteiger partial charge in [0.15, 0.2) is 6.04 Å². The molecule has 2 aromatic rings. The molecule has 0 N–H and O–H groups in total. The molecule has 3 amide bonds. The number of amides is 3. The average molecular weight is 328 g/mol. The van der Waals surface area contributed by atoms with Crippen LogP contribution in [0.5, 0.6) is 0 Å². The predicted molar refractivity (Wildman–Crippen MR) is 89.5 cm³/mol. The van der Waals surface area contributed by atoms with Gasteiger partial charge >= 0.3 is 11.7 Å². The van der Waals surface area contributed by atoms with E-state index in [1.807, 2.05) is 31.2 Å². The van der Waals surface area contributed by atoms with Crippen molar-refractivity contribution in [1.82, 2.24) is 18.9 Å². The maximum atomic E-state index is 12.6. The molecule has 2 heterocycles. The van der Waals surface area contributed by atoms with Gasteiger partial charge in [-0.2, -0.15) is 0 Å². The number of imidazole rings is 1. The fraction of sp³-hybridized carbons (Fsp3) is 0.353. The molecule has 24 heavy (non-hydrogen) atoms. The zero-order valence-corrected chi connectivity index (χ0v) is 14.4. The summed E-state index contributed by atoms with van der Waals surface area (Å²) in [6.07, 6.45) is 0. The van der Waals surface area contributed by atoms with Crippen molar-refractivity contribution in [2.24, 2.45) is 14.1 Å². The second-order valence-corrected chi connectivity index (χ2v) is 6.19. The summed E-state index contributed by atoms with van der Waals surface area (Å²) in [4.78, 5) is 39.6. The smallest absolute Gasteiger partial charge is 0.310 e. The third-order valence-corrected chi connectivity index (χ3v) is 4.64. The van der Waals surface area contributed by atoms with Crippen molar-refractivity contribution < 1.29 is 9.59 Å². The van der Waals surface area contributed by atoms with Gasteiger partial charge in [0, 0.05) is 33.8 Å². The van der Waals surface area contributed by atoms with Gasteiger partial charge in [-0.3, -0.25) is 18.8 Å². The summed E-state index contributed by atoms with van der Waals surface area (Å²) in [5, 5.41) is 0. The van der Waals surface area contributed by atoms with Crippen LogP contribution in [-0.2, 0) is 18.9 Å². The van der Waals surface area contributed by atoms with E-state index >= 15 is 0 Å². The van der Waals surface area contributed by atoms with Crippen LogP contribution in [0.25, 0.3) is 11.3 Å². The lowest BCUT2D eigenvalue weighted by molar-refractivity contribution is -0.127. The van der Waals surface area contributed by atoms with E-state index in [4.69, 9.17) is 0 Å². The lowest BCUT2D eigenvalue weighted by Gasteiger charge is -2.18. The van der Waals surface area contributed by atoms with Crippen LogP contribution in [0, 0.1) is 6.92 Å². The molecular formula is C17H20N4O3. The van der Waals surface area contributed by atoms with Crippen molar-refractivity contribution in [1.29, 1.82) is 0 Å². The minimum absolute atomic E-state index is 0.233. The Hall–Kier alpha value is -2.83. The van der Waals surface area contributed by atoms with Crippen LogP contribution in [0.4, 0.5) is 4.79 Å². The van der Waals surface area contributed by atoms with E-state index < -0.39 is 6.04 Å². The molecule has 1 unspecified atom stereocenters. The summed E-state index contributed by atoms with van der Waals surface area (Å²) < 4.78 is 2.96. The Bertz CT molecular complexity index is 892. The summed E-state index contributed by atoms with van der Waals surface area (Å²) >= 11 is 0. The lowest BCUT2D eigenvalue weighted by atomic mass is 10.0. The summed E-state index contributed by atoms with van der Waals surface area (Å²) in [6.45, 7) is 1.98. The number of aromatic nitrogens is 2. The summed E-state index contributed by atoms with van der Waals surface area (Å²) in [6, 6.07) is 6.55. The Morgan fingerprint density at radius 1 is 0.875 bits per heavy atom. The summed E-state index contributed by atoms with van der Waals surface area (Å²) in [5.41, 5.74) is 2.88. The molecule has 7 heteroatoms. The van der Waals surface area contributed by atoms with Gasteiger partial charge in [0.25, 0.3) is 5.91 Å². The molecule has 0 radical (unpaired) electrons. The Morgan fingerprint density at radius 2 is 1.46 bits per heavy atom. The molecule has 1 aliphatic rings. The number of nitrogens with zero attached hydrogens (tertiary/aromatic N) is 4. The van der Waals surface area contributed by atoms with Crippen molar-refractivity contribution in [3.63, 3.8) is 0 Å². The first-order chi connectivity index (χ1) is 11.3. The molecule has 1 aromatic carbocycles. The van der Waals surface area contributed by atoms with Gasteiger partial charge in [-0.05, 0) is 6.92 Å². The molecule has 1 atom stereocenters. The second kappa shape index (κ2) is 5.36. The molecule has 1 aliphatic heterocycles. The van der Waals surface area contributed by atoms with E-state index in [9.17, 15) is 14.4 Å². The topological polar surface area (TPSA) is 67.6 Å². The Morgan fingerprint density at radius 3 is 1.96 bits per heavy atom. The van der Waals surface area contributed by atoms with Gasteiger partial charge < -0.3 is 4.90 Å². The van der Waals surface area contributed by atoms with E-state index in [0.29, 0.717) is 11.4 Å². The Kier molecular flexibility index (Phi) is 3.59. The van der Waals surface area contributed by atoms with E-state index in [2.05, 4.69) is 0 Å². The molecule has 126 valence electrons. The van der Waals surface area contributed by atoms with Crippen LogP contribution in [0.2, 0.25) is 0 Å². The highest BCUT2D eigenvalue weighted by Gasteiger charge is 2.45. The number of aryl methyl sites for hydroxylation is 1. The van der Waals surface area contributed by atoms with Crippen molar-refractivity contribution in [2.75, 3.05) is 14.1 Å². The first kappa shape index (κ1) is 16.0. The Balaban J connectivity index is 2.28. The molecule has 0 saturated carbocycles. The standard InChI is InChI=1S/C17H20N4O3/c1-10-6-8-11(9-7-10)12-13(19(3)16(23)18(12)2)14-15(22)21(5)17(24)20(14)4/h6-9,14H,1-5H3. The molecule has 0 aliphatic carbocycles. The molecule has 1 saturated heterocycles. The highest BCUT2D eigenvalue weighted by atomic mass is 16.2. The van der Waals surface area contributed by atoms with Gasteiger partial charge in [-0.1, -0.05) is 29.8 Å². The quantitative estimate of drug-likeness (QED) is 0.780. The lowest BCUT2D eigenvalue weighted by Crippen LogP contribution is -2.28. The largest absolute Gasteiger partial charge is 0.328 e. The molecular weight excluding hydrogens is 308 g/mol. The molecule has 1 fully saturated rings. The van der Waals surface area contributed by atoms with Crippen molar-refractivity contribution >= 4 is 11.9 Å². The Labute approximate surface area is 139 Å². The molecule has 7 nitrogen and oxygen atoms in total. The third-order valence-electron chi connectivity index (χ3n) is 4.64. The number of rotatable bonds is 2. The van der Waals surface area contributed by atoms with Crippen LogP contribution in [0.1, 0.15) is 17.3 Å². The number of urea groups is 1. The van der Waals surface area contributed by atoms with Gasteiger partial charge in [-0.25, -0.2) is 9.59 Å². The second-order valence-electron chi connectivity index (χ2n) is 6.19. The van der Waals surface area contributed by atoms with Crippen LogP contribution < -0.4 is 5.69 Å². The number of carbonyl (C=O) groups is 2. The fourth-order valence-electron chi connectivity index (χ4n) is 3.21. The van der Waals surface area contributed by atoms with E-state index in [-0.39, 0.29) is 17.6 Å². The number of hydrogen-bond donors (Lipinski definition) is 0. The number of likely N-dealkylation sites (N-methyl/N-ethyl adjacent to an activating group) is 2. The highest BCUT2D eigenvalue weighted by molar-refractivity contribution is 6.04. The average Bonchev–Trinajstić information content (AvgIpc) is 2.89. The minimum atomic E-state index is -0.808. The van der Waals surface area contributed by atoms with Crippen LogP contribution in [0.3, 0.4) is 0 Å². The van der Waals surface area contributed by atoms with Gasteiger partial charge in [0.05, 0.1) is 11.4 Å².